The molecule has 0 unspecified atom stereocenters. The van der Waals surface area contributed by atoms with Crippen LogP contribution in [0.15, 0.2) is 48.5 Å². The van der Waals surface area contributed by atoms with Crippen LogP contribution in [0.2, 0.25) is 10.0 Å². The van der Waals surface area contributed by atoms with Crippen LogP contribution in [0, 0.1) is 0 Å². The van der Waals surface area contributed by atoms with E-state index in [1.165, 1.54) is 0 Å². The average molecular weight is 498 g/mol. The number of hydrogen-bond acceptors (Lipinski definition) is 7. The number of nitrogens with one attached hydrogen (secondary N) is 1. The predicted molar refractivity (Wildman–Crippen MR) is 132 cm³/mol. The maximum atomic E-state index is 12.6. The molecule has 0 radical (unpaired) electrons. The predicted octanol–water partition coefficient (Wildman–Crippen LogP) is 3.64. The molecule has 5 rings (SSSR count). The van der Waals surface area contributed by atoms with Crippen LogP contribution in [-0.4, -0.2) is 63.5 Å². The van der Waals surface area contributed by atoms with E-state index >= 15 is 0 Å². The Hall–Kier alpha value is -3.56. The van der Waals surface area contributed by atoms with Crippen LogP contribution in [0.25, 0.3) is 22.6 Å². The smallest absolute Gasteiger partial charge is 0.260 e. The molecule has 174 valence electrons. The number of ether oxygens (including phenoxy) is 1. The van der Waals surface area contributed by atoms with Gasteiger partial charge in [-0.05, 0) is 36.4 Å². The highest BCUT2D eigenvalue weighted by molar-refractivity contribution is 6.31. The van der Waals surface area contributed by atoms with Gasteiger partial charge >= 0.3 is 0 Å². The number of imidazole rings is 1. The highest BCUT2D eigenvalue weighted by atomic mass is 35.5. The van der Waals surface area contributed by atoms with Gasteiger partial charge in [0.05, 0.1) is 0 Å². The van der Waals surface area contributed by atoms with Gasteiger partial charge in [-0.1, -0.05) is 35.3 Å². The third-order valence-corrected chi connectivity index (χ3v) is 6.04. The summed E-state index contributed by atoms with van der Waals surface area (Å²) in [4.78, 5) is 33.1. The average Bonchev–Trinajstić information content (AvgIpc) is 3.27. The van der Waals surface area contributed by atoms with Gasteiger partial charge in [-0.25, -0.2) is 4.98 Å². The summed E-state index contributed by atoms with van der Waals surface area (Å²) in [7, 11) is 0. The summed E-state index contributed by atoms with van der Waals surface area (Å²) in [6, 6.07) is 14.3. The lowest BCUT2D eigenvalue weighted by Gasteiger charge is -2.35. The Balaban J connectivity index is 1.28. The SMILES string of the molecule is Nc1nc(N2CCN(C(=O)COc3ccc(Cl)cc3)CC2)c2[nH]c(-c3cccc(Cl)c3)nc2n1. The van der Waals surface area contributed by atoms with Crippen LogP contribution in [0.5, 0.6) is 5.75 Å². The van der Waals surface area contributed by atoms with Gasteiger partial charge in [0.2, 0.25) is 5.95 Å². The number of fused-ring (bicyclic) bond motifs is 1. The summed E-state index contributed by atoms with van der Waals surface area (Å²) in [6.07, 6.45) is 0. The molecule has 3 N–H and O–H groups in total. The minimum Gasteiger partial charge on any atom is -0.484 e. The third kappa shape index (κ3) is 4.71. The fraction of sp³-hybridized carbons (Fsp3) is 0.217. The zero-order valence-electron chi connectivity index (χ0n) is 18.0. The molecule has 0 saturated carbocycles. The number of nitrogens with zero attached hydrogens (tertiary/aromatic N) is 5. The third-order valence-electron chi connectivity index (χ3n) is 5.56. The molecule has 3 heterocycles. The summed E-state index contributed by atoms with van der Waals surface area (Å²) in [5.74, 6) is 1.96. The summed E-state index contributed by atoms with van der Waals surface area (Å²) in [6.45, 7) is 2.20. The number of rotatable bonds is 5. The van der Waals surface area contributed by atoms with Crippen molar-refractivity contribution >= 4 is 52.0 Å². The van der Waals surface area contributed by atoms with Gasteiger partial charge in [-0.2, -0.15) is 9.97 Å². The molecular formula is C23H21Cl2N7O2. The molecule has 4 aromatic rings. The first-order chi connectivity index (χ1) is 16.5. The van der Waals surface area contributed by atoms with Crippen molar-refractivity contribution in [2.24, 2.45) is 0 Å². The standard InChI is InChI=1S/C23H21Cl2N7O2/c24-15-4-6-17(7-5-15)34-13-18(33)31-8-10-32(11-9-31)22-19-21(29-23(26)30-22)28-20(27-19)14-2-1-3-16(25)12-14/h1-7,12H,8-11,13H2,(H3,26,27,28,29,30). The first kappa shape index (κ1) is 22.2. The lowest BCUT2D eigenvalue weighted by molar-refractivity contribution is -0.133. The molecule has 1 amide bonds. The molecule has 1 aliphatic rings. The van der Waals surface area contributed by atoms with Crippen molar-refractivity contribution in [3.63, 3.8) is 0 Å². The van der Waals surface area contributed by atoms with E-state index < -0.39 is 0 Å². The highest BCUT2D eigenvalue weighted by Crippen LogP contribution is 2.28. The Morgan fingerprint density at radius 3 is 2.50 bits per heavy atom. The van der Waals surface area contributed by atoms with Gasteiger partial charge in [0.15, 0.2) is 18.1 Å². The van der Waals surface area contributed by atoms with Crippen molar-refractivity contribution < 1.29 is 9.53 Å². The Kier molecular flexibility index (Phi) is 6.12. The number of anilines is 2. The number of aromatic amines is 1. The number of hydrogen-bond donors (Lipinski definition) is 2. The molecule has 2 aromatic heterocycles. The van der Waals surface area contributed by atoms with Gasteiger partial charge in [0, 0.05) is 41.8 Å². The Morgan fingerprint density at radius 1 is 1.00 bits per heavy atom. The summed E-state index contributed by atoms with van der Waals surface area (Å²) < 4.78 is 5.59. The molecule has 0 atom stereocenters. The van der Waals surface area contributed by atoms with Crippen LogP contribution >= 0.6 is 23.2 Å². The molecular weight excluding hydrogens is 477 g/mol. The minimum atomic E-state index is -0.0771. The number of nitrogens with two attached hydrogens (primary N) is 1. The number of benzene rings is 2. The van der Waals surface area contributed by atoms with E-state index in [-0.39, 0.29) is 18.5 Å². The Labute approximate surface area is 205 Å². The van der Waals surface area contributed by atoms with Gasteiger partial charge in [0.1, 0.15) is 17.1 Å². The number of halogens is 2. The second-order valence-corrected chi connectivity index (χ2v) is 8.68. The van der Waals surface area contributed by atoms with Crippen LogP contribution in [0.4, 0.5) is 11.8 Å². The number of carbonyl (C=O) groups excluding carboxylic acids is 1. The monoisotopic (exact) mass is 497 g/mol. The Bertz CT molecular complexity index is 1340. The number of aromatic nitrogens is 4. The van der Waals surface area contributed by atoms with Gasteiger partial charge in [0.25, 0.3) is 5.91 Å². The van der Waals surface area contributed by atoms with Crippen molar-refractivity contribution in [3.8, 4) is 17.1 Å². The van der Waals surface area contributed by atoms with Crippen molar-refractivity contribution in [3.05, 3.63) is 58.6 Å². The van der Waals surface area contributed by atoms with Gasteiger partial charge < -0.3 is 25.3 Å². The molecule has 0 aliphatic carbocycles. The molecule has 2 aromatic carbocycles. The number of H-pyrrole nitrogens is 1. The van der Waals surface area contributed by atoms with E-state index in [4.69, 9.17) is 33.7 Å². The lowest BCUT2D eigenvalue weighted by atomic mass is 10.2. The van der Waals surface area contributed by atoms with Crippen molar-refractivity contribution in [2.75, 3.05) is 43.4 Å². The van der Waals surface area contributed by atoms with Crippen LogP contribution in [0.1, 0.15) is 0 Å². The van der Waals surface area contributed by atoms with E-state index in [0.29, 0.717) is 64.8 Å². The van der Waals surface area contributed by atoms with E-state index in [1.54, 1.807) is 35.2 Å². The molecule has 0 spiro atoms. The molecule has 9 nitrogen and oxygen atoms in total. The van der Waals surface area contributed by atoms with Crippen LogP contribution < -0.4 is 15.4 Å². The number of carbonyl (C=O) groups is 1. The molecule has 1 saturated heterocycles. The quantitative estimate of drug-likeness (QED) is 0.432. The van der Waals surface area contributed by atoms with Crippen molar-refractivity contribution in [2.45, 2.75) is 0 Å². The summed E-state index contributed by atoms with van der Waals surface area (Å²) in [5, 5.41) is 1.23. The number of piperazine rings is 1. The molecule has 1 fully saturated rings. The van der Waals surface area contributed by atoms with Crippen LogP contribution in [-0.2, 0) is 4.79 Å². The highest BCUT2D eigenvalue weighted by Gasteiger charge is 2.25. The van der Waals surface area contributed by atoms with E-state index in [9.17, 15) is 4.79 Å². The minimum absolute atomic E-state index is 0.0319. The van der Waals surface area contributed by atoms with Crippen LogP contribution in [0.3, 0.4) is 0 Å². The largest absolute Gasteiger partial charge is 0.484 e. The van der Waals surface area contributed by atoms with Crippen molar-refractivity contribution in [1.82, 2.24) is 24.8 Å². The normalized spacial score (nSPS) is 13.9. The molecule has 11 heteroatoms. The first-order valence-corrected chi connectivity index (χ1v) is 11.4. The van der Waals surface area contributed by atoms with E-state index in [2.05, 4.69) is 24.8 Å². The number of amides is 1. The molecule has 1 aliphatic heterocycles. The maximum absolute atomic E-state index is 12.6. The molecule has 0 bridgehead atoms. The second-order valence-electron chi connectivity index (χ2n) is 7.81. The fourth-order valence-electron chi connectivity index (χ4n) is 3.83. The van der Waals surface area contributed by atoms with Gasteiger partial charge in [-0.3, -0.25) is 4.79 Å². The van der Waals surface area contributed by atoms with E-state index in [1.807, 2.05) is 18.2 Å². The van der Waals surface area contributed by atoms with E-state index in [0.717, 1.165) is 5.56 Å². The first-order valence-electron chi connectivity index (χ1n) is 10.7. The Morgan fingerprint density at radius 2 is 1.76 bits per heavy atom. The second kappa shape index (κ2) is 9.36. The zero-order chi connectivity index (χ0) is 23.7. The maximum Gasteiger partial charge on any atom is 0.260 e. The number of nitrogen functional groups attached to an aromatic ring is 1. The fourth-order valence-corrected chi connectivity index (χ4v) is 4.15. The lowest BCUT2D eigenvalue weighted by Crippen LogP contribution is -2.50. The summed E-state index contributed by atoms with van der Waals surface area (Å²) in [5.41, 5.74) is 7.98. The summed E-state index contributed by atoms with van der Waals surface area (Å²) >= 11 is 12.0. The van der Waals surface area contributed by atoms with Gasteiger partial charge in [-0.15, -0.1) is 0 Å². The zero-order valence-corrected chi connectivity index (χ0v) is 19.6. The topological polar surface area (TPSA) is 113 Å². The van der Waals surface area contributed by atoms with Crippen molar-refractivity contribution in [1.29, 1.82) is 0 Å². The molecule has 34 heavy (non-hydrogen) atoms.